The number of carbonyl (C=O) groups excluding carboxylic acids is 1. The van der Waals surface area contributed by atoms with E-state index < -0.39 is 0 Å². The van der Waals surface area contributed by atoms with Crippen molar-refractivity contribution in [2.24, 2.45) is 5.41 Å². The Kier molecular flexibility index (Phi) is 4.68. The number of rotatable bonds is 7. The van der Waals surface area contributed by atoms with Gasteiger partial charge in [-0.3, -0.25) is 4.79 Å². The maximum Gasteiger partial charge on any atom is 0.220 e. The van der Waals surface area contributed by atoms with Gasteiger partial charge in [-0.1, -0.05) is 23.7 Å². The van der Waals surface area contributed by atoms with E-state index in [9.17, 15) is 9.90 Å². The van der Waals surface area contributed by atoms with Crippen LogP contribution in [0.2, 0.25) is 5.02 Å². The first-order chi connectivity index (χ1) is 11.1. The molecule has 0 aliphatic heterocycles. The second-order valence-electron chi connectivity index (χ2n) is 6.03. The molecule has 0 spiro atoms. The van der Waals surface area contributed by atoms with E-state index in [-0.39, 0.29) is 17.9 Å². The molecule has 6 heteroatoms. The van der Waals surface area contributed by atoms with Crippen molar-refractivity contribution in [3.63, 3.8) is 0 Å². The fourth-order valence-corrected chi connectivity index (χ4v) is 2.60. The van der Waals surface area contributed by atoms with Crippen molar-refractivity contribution in [1.29, 1.82) is 0 Å². The summed E-state index contributed by atoms with van der Waals surface area (Å²) in [4.78, 5) is 16.1. The van der Waals surface area contributed by atoms with Crippen LogP contribution in [0.4, 0.5) is 0 Å². The summed E-state index contributed by atoms with van der Waals surface area (Å²) in [6, 6.07) is 7.39. The van der Waals surface area contributed by atoms with Gasteiger partial charge in [-0.25, -0.2) is 4.98 Å². The standard InChI is InChI=1S/C17H19ClN2O3/c18-13-4-2-1-3-12(13)14-9-19-16(23-14)6-5-15(22)20-10-17(11-21)7-8-17/h1-4,9,21H,5-8,10-11H2,(H,20,22). The number of oxazole rings is 1. The molecule has 5 nitrogen and oxygen atoms in total. The minimum Gasteiger partial charge on any atom is -0.441 e. The molecule has 0 radical (unpaired) electrons. The van der Waals surface area contributed by atoms with Crippen LogP contribution >= 0.6 is 11.6 Å². The van der Waals surface area contributed by atoms with Gasteiger partial charge in [-0.2, -0.15) is 0 Å². The van der Waals surface area contributed by atoms with E-state index in [2.05, 4.69) is 10.3 Å². The number of aromatic nitrogens is 1. The van der Waals surface area contributed by atoms with Crippen LogP contribution in [-0.4, -0.2) is 29.1 Å². The molecule has 1 aromatic carbocycles. The van der Waals surface area contributed by atoms with Crippen molar-refractivity contribution in [2.45, 2.75) is 25.7 Å². The summed E-state index contributed by atoms with van der Waals surface area (Å²) in [5.41, 5.74) is 0.714. The molecule has 1 aromatic heterocycles. The van der Waals surface area contributed by atoms with Crippen LogP contribution in [0.3, 0.4) is 0 Å². The Morgan fingerprint density at radius 2 is 2.17 bits per heavy atom. The molecule has 0 atom stereocenters. The summed E-state index contributed by atoms with van der Waals surface area (Å²) in [7, 11) is 0. The Morgan fingerprint density at radius 1 is 1.39 bits per heavy atom. The minimum absolute atomic E-state index is 0.0535. The fourth-order valence-electron chi connectivity index (χ4n) is 2.37. The molecule has 1 saturated carbocycles. The first kappa shape index (κ1) is 16.0. The largest absolute Gasteiger partial charge is 0.441 e. The zero-order chi connectivity index (χ0) is 16.3. The summed E-state index contributed by atoms with van der Waals surface area (Å²) in [5, 5.41) is 12.7. The van der Waals surface area contributed by atoms with Crippen LogP contribution in [0.25, 0.3) is 11.3 Å². The summed E-state index contributed by atoms with van der Waals surface area (Å²) in [6.07, 6.45) is 4.32. The van der Waals surface area contributed by atoms with Crippen LogP contribution in [0.15, 0.2) is 34.9 Å². The van der Waals surface area contributed by atoms with Gasteiger partial charge in [0.2, 0.25) is 5.91 Å². The molecule has 1 amide bonds. The van der Waals surface area contributed by atoms with Crippen molar-refractivity contribution in [3.05, 3.63) is 41.4 Å². The van der Waals surface area contributed by atoms with Crippen LogP contribution in [0.5, 0.6) is 0 Å². The summed E-state index contributed by atoms with van der Waals surface area (Å²) in [5.74, 6) is 1.06. The molecule has 23 heavy (non-hydrogen) atoms. The van der Waals surface area contributed by atoms with Gasteiger partial charge in [-0.15, -0.1) is 0 Å². The van der Waals surface area contributed by atoms with Gasteiger partial charge in [0, 0.05) is 30.4 Å². The predicted octanol–water partition coefficient (Wildman–Crippen LogP) is 2.82. The van der Waals surface area contributed by atoms with Crippen molar-refractivity contribution < 1.29 is 14.3 Å². The van der Waals surface area contributed by atoms with Crippen LogP contribution in [0.1, 0.15) is 25.2 Å². The highest BCUT2D eigenvalue weighted by Gasteiger charge is 2.41. The number of aliphatic hydroxyl groups excluding tert-OH is 1. The van der Waals surface area contributed by atoms with Gasteiger partial charge < -0.3 is 14.8 Å². The number of amides is 1. The molecule has 0 unspecified atom stereocenters. The highest BCUT2D eigenvalue weighted by atomic mass is 35.5. The third-order valence-corrected chi connectivity index (χ3v) is 4.54. The van der Waals surface area contributed by atoms with E-state index in [4.69, 9.17) is 16.0 Å². The fraction of sp³-hybridized carbons (Fsp3) is 0.412. The Balaban J connectivity index is 1.51. The van der Waals surface area contributed by atoms with E-state index in [1.165, 1.54) is 0 Å². The SMILES string of the molecule is O=C(CCc1ncc(-c2ccccc2Cl)o1)NCC1(CO)CC1. The first-order valence-corrected chi connectivity index (χ1v) is 8.07. The smallest absolute Gasteiger partial charge is 0.220 e. The Morgan fingerprint density at radius 3 is 2.87 bits per heavy atom. The number of benzene rings is 1. The Hall–Kier alpha value is -1.85. The summed E-state index contributed by atoms with van der Waals surface area (Å²) < 4.78 is 5.66. The number of hydrogen-bond donors (Lipinski definition) is 2. The average Bonchev–Trinajstić information content (AvgIpc) is 3.20. The molecule has 0 bridgehead atoms. The van der Waals surface area contributed by atoms with Gasteiger partial charge in [0.05, 0.1) is 17.8 Å². The number of nitrogens with one attached hydrogen (secondary N) is 1. The monoisotopic (exact) mass is 334 g/mol. The lowest BCUT2D eigenvalue weighted by molar-refractivity contribution is -0.121. The number of nitrogens with zero attached hydrogens (tertiary/aromatic N) is 1. The molecular formula is C17H19ClN2O3. The quantitative estimate of drug-likeness (QED) is 0.816. The first-order valence-electron chi connectivity index (χ1n) is 7.69. The van der Waals surface area contributed by atoms with E-state index >= 15 is 0 Å². The van der Waals surface area contributed by atoms with Gasteiger partial charge in [0.1, 0.15) is 0 Å². The molecule has 1 aliphatic rings. The van der Waals surface area contributed by atoms with Crippen LogP contribution < -0.4 is 5.32 Å². The van der Waals surface area contributed by atoms with Crippen molar-refractivity contribution in [3.8, 4) is 11.3 Å². The average molecular weight is 335 g/mol. The van der Waals surface area contributed by atoms with E-state index in [0.29, 0.717) is 36.1 Å². The zero-order valence-corrected chi connectivity index (χ0v) is 13.5. The van der Waals surface area contributed by atoms with Gasteiger partial charge in [0.15, 0.2) is 11.7 Å². The summed E-state index contributed by atoms with van der Waals surface area (Å²) >= 11 is 6.13. The van der Waals surface area contributed by atoms with Crippen molar-refractivity contribution >= 4 is 17.5 Å². The summed E-state index contributed by atoms with van der Waals surface area (Å²) in [6.45, 7) is 0.674. The Labute approximate surface area is 139 Å². The van der Waals surface area contributed by atoms with Crippen molar-refractivity contribution in [1.82, 2.24) is 10.3 Å². The van der Waals surface area contributed by atoms with E-state index in [1.54, 1.807) is 12.3 Å². The number of aliphatic hydroxyl groups is 1. The molecule has 2 aromatic rings. The second kappa shape index (κ2) is 6.72. The molecule has 1 fully saturated rings. The van der Waals surface area contributed by atoms with Crippen molar-refractivity contribution in [2.75, 3.05) is 13.2 Å². The van der Waals surface area contributed by atoms with Gasteiger partial charge in [0.25, 0.3) is 0 Å². The molecule has 1 heterocycles. The molecule has 2 N–H and O–H groups in total. The van der Waals surface area contributed by atoms with E-state index in [0.717, 1.165) is 18.4 Å². The predicted molar refractivity (Wildman–Crippen MR) is 87.0 cm³/mol. The lowest BCUT2D eigenvalue weighted by Crippen LogP contribution is -2.31. The molecule has 122 valence electrons. The second-order valence-corrected chi connectivity index (χ2v) is 6.44. The molecule has 0 saturated heterocycles. The number of carbonyl (C=O) groups is 1. The van der Waals surface area contributed by atoms with E-state index in [1.807, 2.05) is 18.2 Å². The normalized spacial score (nSPS) is 15.4. The Bertz CT molecular complexity index is 695. The highest BCUT2D eigenvalue weighted by molar-refractivity contribution is 6.33. The van der Waals surface area contributed by atoms with Gasteiger partial charge in [-0.05, 0) is 25.0 Å². The number of hydrogen-bond acceptors (Lipinski definition) is 4. The van der Waals surface area contributed by atoms with Gasteiger partial charge >= 0.3 is 0 Å². The zero-order valence-electron chi connectivity index (χ0n) is 12.7. The highest BCUT2D eigenvalue weighted by Crippen LogP contribution is 2.44. The maximum absolute atomic E-state index is 11.9. The molecule has 1 aliphatic carbocycles. The topological polar surface area (TPSA) is 75.4 Å². The third kappa shape index (κ3) is 3.92. The van der Waals surface area contributed by atoms with Crippen LogP contribution in [-0.2, 0) is 11.2 Å². The number of halogens is 1. The minimum atomic E-state index is -0.0736. The maximum atomic E-state index is 11.9. The lowest BCUT2D eigenvalue weighted by Gasteiger charge is -2.12. The molecular weight excluding hydrogens is 316 g/mol. The molecule has 3 rings (SSSR count). The third-order valence-electron chi connectivity index (χ3n) is 4.21. The van der Waals surface area contributed by atoms with Crippen LogP contribution in [0, 0.1) is 5.41 Å². The number of aryl methyl sites for hydroxylation is 1. The lowest BCUT2D eigenvalue weighted by atomic mass is 10.1.